The highest BCUT2D eigenvalue weighted by molar-refractivity contribution is 4.99. The van der Waals surface area contributed by atoms with Gasteiger partial charge >= 0.3 is 0 Å². The molecular weight excluding hydrogens is 158 g/mol. The quantitative estimate of drug-likeness (QED) is 0.555. The number of nitrogens with zero attached hydrogens (tertiary/aromatic N) is 1. The number of rotatable bonds is 1. The monoisotopic (exact) mass is 177 g/mol. The third-order valence-corrected chi connectivity index (χ3v) is 3.60. The summed E-state index contributed by atoms with van der Waals surface area (Å²) in [6, 6.07) is 0.844. The second-order valence-corrected chi connectivity index (χ2v) is 4.45. The highest BCUT2D eigenvalue weighted by Crippen LogP contribution is 2.34. The fourth-order valence-corrected chi connectivity index (χ4v) is 2.83. The Hall–Kier alpha value is -0.480. The van der Waals surface area contributed by atoms with Crippen LogP contribution in [0, 0.1) is 18.3 Å². The first kappa shape index (κ1) is 9.09. The summed E-state index contributed by atoms with van der Waals surface area (Å²) in [5.41, 5.74) is 0. The van der Waals surface area contributed by atoms with Crippen LogP contribution in [0.25, 0.3) is 0 Å². The maximum Gasteiger partial charge on any atom is 0.0601 e. The van der Waals surface area contributed by atoms with Gasteiger partial charge in [-0.15, -0.1) is 6.42 Å². The van der Waals surface area contributed by atoms with Gasteiger partial charge in [0.15, 0.2) is 0 Å². The minimum atomic E-state index is 0.844. The lowest BCUT2D eigenvalue weighted by Crippen LogP contribution is -2.56. The molecule has 0 radical (unpaired) electrons. The number of hydrogen-bond donors (Lipinski definition) is 0. The summed E-state index contributed by atoms with van der Waals surface area (Å²) in [4.78, 5) is 2.48. The summed E-state index contributed by atoms with van der Waals surface area (Å²) >= 11 is 0. The van der Waals surface area contributed by atoms with E-state index in [1.165, 1.54) is 45.1 Å². The minimum Gasteiger partial charge on any atom is -0.289 e. The number of terminal acetylenes is 1. The van der Waals surface area contributed by atoms with Gasteiger partial charge in [0, 0.05) is 12.6 Å². The molecule has 13 heavy (non-hydrogen) atoms. The van der Waals surface area contributed by atoms with Crippen LogP contribution >= 0.6 is 0 Å². The first-order valence-corrected chi connectivity index (χ1v) is 5.59. The maximum absolute atomic E-state index is 5.34. The van der Waals surface area contributed by atoms with Gasteiger partial charge in [-0.1, -0.05) is 31.6 Å². The summed E-state index contributed by atoms with van der Waals surface area (Å²) in [6.45, 7) is 2.15. The molecule has 2 fully saturated rings. The molecule has 0 N–H and O–H groups in total. The molecule has 1 heterocycles. The molecule has 1 nitrogen and oxygen atoms in total. The van der Waals surface area contributed by atoms with Crippen molar-refractivity contribution in [2.75, 3.05) is 13.1 Å². The number of fused-ring (bicyclic) bond motifs is 1. The summed E-state index contributed by atoms with van der Waals surface area (Å²) in [6.07, 6.45) is 13.9. The Morgan fingerprint density at radius 2 is 1.92 bits per heavy atom. The predicted octanol–water partition coefficient (Wildman–Crippen LogP) is 2.27. The van der Waals surface area contributed by atoms with Crippen LogP contribution in [0.5, 0.6) is 0 Å². The largest absolute Gasteiger partial charge is 0.289 e. The van der Waals surface area contributed by atoms with E-state index in [0.29, 0.717) is 0 Å². The first-order chi connectivity index (χ1) is 6.42. The lowest BCUT2D eigenvalue weighted by atomic mass is 9.79. The lowest BCUT2D eigenvalue weighted by Gasteiger charge is -2.48. The second kappa shape index (κ2) is 4.15. The van der Waals surface area contributed by atoms with Crippen molar-refractivity contribution in [1.82, 2.24) is 4.90 Å². The highest BCUT2D eigenvalue weighted by atomic mass is 15.2. The molecule has 0 aromatic carbocycles. The predicted molar refractivity (Wildman–Crippen MR) is 55.4 cm³/mol. The van der Waals surface area contributed by atoms with Crippen LogP contribution in [-0.4, -0.2) is 24.0 Å². The Morgan fingerprint density at radius 3 is 2.69 bits per heavy atom. The van der Waals surface area contributed by atoms with E-state index in [1.54, 1.807) is 0 Å². The molecule has 72 valence electrons. The van der Waals surface area contributed by atoms with E-state index in [4.69, 9.17) is 6.42 Å². The highest BCUT2D eigenvalue weighted by Gasteiger charge is 2.37. The molecule has 0 bridgehead atoms. The van der Waals surface area contributed by atoms with Gasteiger partial charge in [0.2, 0.25) is 0 Å². The van der Waals surface area contributed by atoms with E-state index in [2.05, 4.69) is 10.8 Å². The van der Waals surface area contributed by atoms with Crippen molar-refractivity contribution in [2.45, 2.75) is 44.6 Å². The molecule has 1 aliphatic carbocycles. The zero-order valence-electron chi connectivity index (χ0n) is 8.34. The molecule has 0 spiro atoms. The van der Waals surface area contributed by atoms with E-state index < -0.39 is 0 Å². The Bertz CT molecular complexity index is 204. The standard InChI is InChI=1S/C12H19N/c1-2-9-13-10-11-7-5-3-4-6-8-12(11)13/h1,11-12H,3-10H2. The van der Waals surface area contributed by atoms with Gasteiger partial charge in [0.05, 0.1) is 6.54 Å². The van der Waals surface area contributed by atoms with Crippen LogP contribution in [0.3, 0.4) is 0 Å². The van der Waals surface area contributed by atoms with Gasteiger partial charge in [-0.3, -0.25) is 4.90 Å². The van der Waals surface area contributed by atoms with Crippen molar-refractivity contribution in [3.05, 3.63) is 0 Å². The van der Waals surface area contributed by atoms with Gasteiger partial charge < -0.3 is 0 Å². The van der Waals surface area contributed by atoms with E-state index in [0.717, 1.165) is 18.5 Å². The fourth-order valence-electron chi connectivity index (χ4n) is 2.83. The summed E-state index contributed by atoms with van der Waals surface area (Å²) in [5, 5.41) is 0. The van der Waals surface area contributed by atoms with Crippen molar-refractivity contribution >= 4 is 0 Å². The SMILES string of the molecule is C#CCN1CC2CCCCCCC21. The third kappa shape index (κ3) is 1.89. The van der Waals surface area contributed by atoms with Crippen molar-refractivity contribution in [1.29, 1.82) is 0 Å². The molecule has 2 unspecified atom stereocenters. The smallest absolute Gasteiger partial charge is 0.0601 e. The first-order valence-electron chi connectivity index (χ1n) is 5.59. The average molecular weight is 177 g/mol. The topological polar surface area (TPSA) is 3.24 Å². The Labute approximate surface area is 81.5 Å². The second-order valence-electron chi connectivity index (χ2n) is 4.45. The van der Waals surface area contributed by atoms with Crippen LogP contribution in [-0.2, 0) is 0 Å². The van der Waals surface area contributed by atoms with Crippen LogP contribution in [0.15, 0.2) is 0 Å². The van der Waals surface area contributed by atoms with E-state index >= 15 is 0 Å². The van der Waals surface area contributed by atoms with Crippen molar-refractivity contribution in [2.24, 2.45) is 5.92 Å². The third-order valence-electron chi connectivity index (χ3n) is 3.60. The van der Waals surface area contributed by atoms with Crippen molar-refractivity contribution in [3.8, 4) is 12.3 Å². The number of likely N-dealkylation sites (tertiary alicyclic amines) is 1. The van der Waals surface area contributed by atoms with E-state index in [9.17, 15) is 0 Å². The molecule has 2 atom stereocenters. The van der Waals surface area contributed by atoms with Crippen LogP contribution in [0.2, 0.25) is 0 Å². The van der Waals surface area contributed by atoms with Gasteiger partial charge in [-0.25, -0.2) is 0 Å². The molecule has 0 aromatic heterocycles. The molecule has 2 aliphatic rings. The lowest BCUT2D eigenvalue weighted by molar-refractivity contribution is 0.00984. The van der Waals surface area contributed by atoms with Crippen LogP contribution in [0.4, 0.5) is 0 Å². The number of hydrogen-bond acceptors (Lipinski definition) is 1. The molecule has 0 amide bonds. The zero-order chi connectivity index (χ0) is 9.10. The van der Waals surface area contributed by atoms with Crippen LogP contribution in [0.1, 0.15) is 38.5 Å². The molecule has 1 heteroatoms. The van der Waals surface area contributed by atoms with Crippen LogP contribution < -0.4 is 0 Å². The fraction of sp³-hybridized carbons (Fsp3) is 0.833. The van der Waals surface area contributed by atoms with E-state index in [-0.39, 0.29) is 0 Å². The molecule has 1 saturated heterocycles. The summed E-state index contributed by atoms with van der Waals surface area (Å²) in [5.74, 6) is 3.74. The normalized spacial score (nSPS) is 35.0. The zero-order valence-corrected chi connectivity index (χ0v) is 8.34. The Morgan fingerprint density at radius 1 is 1.15 bits per heavy atom. The summed E-state index contributed by atoms with van der Waals surface area (Å²) < 4.78 is 0. The molecule has 2 rings (SSSR count). The Balaban J connectivity index is 1.86. The van der Waals surface area contributed by atoms with Crippen molar-refractivity contribution < 1.29 is 0 Å². The minimum absolute atomic E-state index is 0.844. The average Bonchev–Trinajstić information content (AvgIpc) is 2.09. The summed E-state index contributed by atoms with van der Waals surface area (Å²) in [7, 11) is 0. The van der Waals surface area contributed by atoms with Gasteiger partial charge in [-0.2, -0.15) is 0 Å². The maximum atomic E-state index is 5.34. The van der Waals surface area contributed by atoms with Gasteiger partial charge in [0.25, 0.3) is 0 Å². The van der Waals surface area contributed by atoms with Gasteiger partial charge in [-0.05, 0) is 18.8 Å². The van der Waals surface area contributed by atoms with Crippen molar-refractivity contribution in [3.63, 3.8) is 0 Å². The van der Waals surface area contributed by atoms with E-state index in [1.807, 2.05) is 0 Å². The molecule has 0 aromatic rings. The molecule has 1 saturated carbocycles. The molecular formula is C12H19N. The Kier molecular flexibility index (Phi) is 2.90. The molecule has 1 aliphatic heterocycles. The van der Waals surface area contributed by atoms with Gasteiger partial charge in [0.1, 0.15) is 0 Å².